The molecule has 0 aromatic heterocycles. The second-order valence-corrected chi connectivity index (χ2v) is 4.46. The van der Waals surface area contributed by atoms with Crippen molar-refractivity contribution in [2.24, 2.45) is 5.92 Å². The van der Waals surface area contributed by atoms with Gasteiger partial charge in [0, 0.05) is 19.7 Å². The number of hydrogen-bond acceptors (Lipinski definition) is 4. The van der Waals surface area contributed by atoms with Crippen molar-refractivity contribution in [1.82, 2.24) is 10.4 Å². The van der Waals surface area contributed by atoms with E-state index in [4.69, 9.17) is 9.84 Å². The Kier molecular flexibility index (Phi) is 4.55. The van der Waals surface area contributed by atoms with E-state index in [2.05, 4.69) is 5.43 Å². The molecule has 1 saturated heterocycles. The molecule has 1 aromatic rings. The number of carbonyl (C=O) groups is 1. The first-order chi connectivity index (χ1) is 8.78. The highest BCUT2D eigenvalue weighted by Crippen LogP contribution is 2.13. The normalized spacial score (nSPS) is 19.7. The summed E-state index contributed by atoms with van der Waals surface area (Å²) in [6.45, 7) is 1.86. The highest BCUT2D eigenvalue weighted by atomic mass is 16.6. The molecule has 0 spiro atoms. The molecule has 0 aliphatic carbocycles. The number of nitrogens with zero attached hydrogens (tertiary/aromatic N) is 1. The first kappa shape index (κ1) is 12.9. The molecule has 5 nitrogen and oxygen atoms in total. The summed E-state index contributed by atoms with van der Waals surface area (Å²) in [4.78, 5) is 11.5. The van der Waals surface area contributed by atoms with Crippen LogP contribution in [0.2, 0.25) is 0 Å². The number of rotatable bonds is 4. The van der Waals surface area contributed by atoms with E-state index in [1.807, 2.05) is 30.3 Å². The van der Waals surface area contributed by atoms with E-state index in [1.54, 1.807) is 5.01 Å². The molecule has 1 unspecified atom stereocenters. The average molecular weight is 250 g/mol. The molecular weight excluding hydrogens is 232 g/mol. The lowest BCUT2D eigenvalue weighted by molar-refractivity contribution is 0.105. The van der Waals surface area contributed by atoms with Gasteiger partial charge in [-0.05, 0) is 17.9 Å². The van der Waals surface area contributed by atoms with Crippen molar-refractivity contribution in [3.05, 3.63) is 35.9 Å². The monoisotopic (exact) mass is 250 g/mol. The summed E-state index contributed by atoms with van der Waals surface area (Å²) >= 11 is 0. The summed E-state index contributed by atoms with van der Waals surface area (Å²) in [7, 11) is 0. The topological polar surface area (TPSA) is 61.8 Å². The van der Waals surface area contributed by atoms with Crippen LogP contribution in [-0.2, 0) is 11.3 Å². The van der Waals surface area contributed by atoms with E-state index in [0.29, 0.717) is 6.54 Å². The molecule has 1 atom stereocenters. The number of aliphatic hydroxyl groups is 1. The predicted molar refractivity (Wildman–Crippen MR) is 66.5 cm³/mol. The lowest BCUT2D eigenvalue weighted by Crippen LogP contribution is -2.41. The molecule has 0 radical (unpaired) electrons. The van der Waals surface area contributed by atoms with Crippen LogP contribution in [0.3, 0.4) is 0 Å². The first-order valence-electron chi connectivity index (χ1n) is 6.11. The number of ether oxygens (including phenoxy) is 1. The van der Waals surface area contributed by atoms with Crippen LogP contribution in [0.1, 0.15) is 12.0 Å². The lowest BCUT2D eigenvalue weighted by atomic mass is 10.1. The van der Waals surface area contributed by atoms with Crippen LogP contribution in [0, 0.1) is 5.92 Å². The molecule has 0 saturated carbocycles. The Hall–Kier alpha value is -1.59. The molecule has 2 rings (SSSR count). The van der Waals surface area contributed by atoms with Crippen molar-refractivity contribution < 1.29 is 14.6 Å². The van der Waals surface area contributed by atoms with Crippen LogP contribution < -0.4 is 5.43 Å². The summed E-state index contributed by atoms with van der Waals surface area (Å²) < 4.78 is 5.10. The Balaban J connectivity index is 1.70. The van der Waals surface area contributed by atoms with Gasteiger partial charge in [0.1, 0.15) is 6.61 Å². The summed E-state index contributed by atoms with van der Waals surface area (Å²) in [6, 6.07) is 9.55. The number of benzene rings is 1. The molecule has 1 aromatic carbocycles. The number of amides is 1. The fourth-order valence-electron chi connectivity index (χ4n) is 1.97. The van der Waals surface area contributed by atoms with E-state index in [-0.39, 0.29) is 19.1 Å². The molecule has 1 aliphatic rings. The summed E-state index contributed by atoms with van der Waals surface area (Å²) in [5, 5.41) is 10.8. The number of aliphatic hydroxyl groups excluding tert-OH is 1. The Morgan fingerprint density at radius 1 is 1.44 bits per heavy atom. The van der Waals surface area contributed by atoms with Crippen LogP contribution in [0.5, 0.6) is 0 Å². The zero-order valence-electron chi connectivity index (χ0n) is 10.2. The minimum Gasteiger partial charge on any atom is -0.444 e. The number of nitrogens with one attached hydrogen (secondary N) is 1. The molecule has 1 heterocycles. The molecule has 18 heavy (non-hydrogen) atoms. The lowest BCUT2D eigenvalue weighted by Gasteiger charge is -2.16. The molecule has 5 heteroatoms. The average Bonchev–Trinajstić information content (AvgIpc) is 2.85. The Bertz CT molecular complexity index is 383. The molecule has 2 N–H and O–H groups in total. The third-order valence-electron chi connectivity index (χ3n) is 3.01. The van der Waals surface area contributed by atoms with Crippen molar-refractivity contribution in [3.8, 4) is 0 Å². The number of carbonyl (C=O) groups excluding carboxylic acids is 1. The molecule has 1 fully saturated rings. The zero-order chi connectivity index (χ0) is 12.8. The van der Waals surface area contributed by atoms with E-state index in [1.165, 1.54) is 0 Å². The number of hydrogen-bond donors (Lipinski definition) is 2. The molecule has 1 aliphatic heterocycles. The summed E-state index contributed by atoms with van der Waals surface area (Å²) in [5.74, 6) is 0.249. The summed E-state index contributed by atoms with van der Waals surface area (Å²) in [5.41, 5.74) is 3.63. The quantitative estimate of drug-likeness (QED) is 0.841. The van der Waals surface area contributed by atoms with Gasteiger partial charge in [0.15, 0.2) is 0 Å². The van der Waals surface area contributed by atoms with Crippen molar-refractivity contribution in [3.63, 3.8) is 0 Å². The second-order valence-electron chi connectivity index (χ2n) is 4.46. The largest absolute Gasteiger partial charge is 0.444 e. The second kappa shape index (κ2) is 6.37. The fourth-order valence-corrected chi connectivity index (χ4v) is 1.97. The van der Waals surface area contributed by atoms with Crippen molar-refractivity contribution >= 4 is 6.09 Å². The van der Waals surface area contributed by atoms with Crippen molar-refractivity contribution in [2.45, 2.75) is 13.0 Å². The fraction of sp³-hybridized carbons (Fsp3) is 0.462. The van der Waals surface area contributed by atoms with Crippen LogP contribution in [0.4, 0.5) is 4.79 Å². The van der Waals surface area contributed by atoms with Gasteiger partial charge in [-0.1, -0.05) is 30.3 Å². The smallest absolute Gasteiger partial charge is 0.422 e. The zero-order valence-corrected chi connectivity index (χ0v) is 10.2. The first-order valence-corrected chi connectivity index (χ1v) is 6.11. The number of hydrazine groups is 1. The van der Waals surface area contributed by atoms with Gasteiger partial charge in [0.2, 0.25) is 0 Å². The Morgan fingerprint density at radius 2 is 2.22 bits per heavy atom. The van der Waals surface area contributed by atoms with Crippen molar-refractivity contribution in [2.75, 3.05) is 19.7 Å². The van der Waals surface area contributed by atoms with Gasteiger partial charge in [-0.25, -0.2) is 9.80 Å². The maximum atomic E-state index is 11.5. The SMILES string of the molecule is O=C(NN1CCC(CO)C1)OCc1ccccc1. The Labute approximate surface area is 106 Å². The third kappa shape index (κ3) is 3.72. The van der Waals surface area contributed by atoms with E-state index < -0.39 is 6.09 Å². The van der Waals surface area contributed by atoms with Gasteiger partial charge in [0.25, 0.3) is 0 Å². The molecule has 0 bridgehead atoms. The van der Waals surface area contributed by atoms with Crippen LogP contribution >= 0.6 is 0 Å². The maximum Gasteiger partial charge on any atom is 0.422 e. The van der Waals surface area contributed by atoms with Crippen LogP contribution in [0.25, 0.3) is 0 Å². The predicted octanol–water partition coefficient (Wildman–Crippen LogP) is 1.14. The van der Waals surface area contributed by atoms with E-state index in [0.717, 1.165) is 18.5 Å². The van der Waals surface area contributed by atoms with Crippen LogP contribution in [0.15, 0.2) is 30.3 Å². The van der Waals surface area contributed by atoms with Gasteiger partial charge in [0.05, 0.1) is 0 Å². The van der Waals surface area contributed by atoms with E-state index in [9.17, 15) is 4.79 Å². The molecule has 1 amide bonds. The van der Waals surface area contributed by atoms with Gasteiger partial charge >= 0.3 is 6.09 Å². The van der Waals surface area contributed by atoms with E-state index >= 15 is 0 Å². The van der Waals surface area contributed by atoms with Gasteiger partial charge < -0.3 is 9.84 Å². The highest BCUT2D eigenvalue weighted by Gasteiger charge is 2.23. The van der Waals surface area contributed by atoms with Gasteiger partial charge in [-0.2, -0.15) is 0 Å². The highest BCUT2D eigenvalue weighted by molar-refractivity contribution is 5.66. The van der Waals surface area contributed by atoms with Crippen LogP contribution in [-0.4, -0.2) is 35.9 Å². The molecule has 98 valence electrons. The van der Waals surface area contributed by atoms with Gasteiger partial charge in [-0.15, -0.1) is 0 Å². The minimum atomic E-state index is -0.447. The minimum absolute atomic E-state index is 0.164. The summed E-state index contributed by atoms with van der Waals surface area (Å²) in [6.07, 6.45) is 0.451. The maximum absolute atomic E-state index is 11.5. The standard InChI is InChI=1S/C13H18N2O3/c16-9-12-6-7-15(8-12)14-13(17)18-10-11-4-2-1-3-5-11/h1-5,12,16H,6-10H2,(H,14,17). The van der Waals surface area contributed by atoms with Crippen molar-refractivity contribution in [1.29, 1.82) is 0 Å². The Morgan fingerprint density at radius 3 is 2.89 bits per heavy atom. The third-order valence-corrected chi connectivity index (χ3v) is 3.01. The molecular formula is C13H18N2O3. The van der Waals surface area contributed by atoms with Gasteiger partial charge in [-0.3, -0.25) is 5.43 Å².